The first-order chi connectivity index (χ1) is 12.7. The molecule has 1 N–H and O–H groups in total. The van der Waals surface area contributed by atoms with Crippen molar-refractivity contribution in [3.05, 3.63) is 59.7 Å². The molecule has 0 saturated carbocycles. The number of rotatable bonds is 7. The van der Waals surface area contributed by atoms with Crippen molar-refractivity contribution in [2.45, 2.75) is 25.4 Å². The van der Waals surface area contributed by atoms with Gasteiger partial charge >= 0.3 is 0 Å². The number of hydrogen-bond donors (Lipinski definition) is 1. The largest absolute Gasteiger partial charge is 0.497 e. The van der Waals surface area contributed by atoms with Crippen molar-refractivity contribution in [2.75, 3.05) is 27.3 Å². The topological polar surface area (TPSA) is 50.8 Å². The number of carbonyl (C=O) groups is 1. The van der Waals surface area contributed by atoms with E-state index in [1.54, 1.807) is 14.2 Å². The fourth-order valence-corrected chi connectivity index (χ4v) is 3.50. The van der Waals surface area contributed by atoms with Crippen molar-refractivity contribution in [1.29, 1.82) is 0 Å². The minimum Gasteiger partial charge on any atom is -0.497 e. The second-order valence-corrected chi connectivity index (χ2v) is 6.49. The van der Waals surface area contributed by atoms with Crippen LogP contribution in [0.5, 0.6) is 11.5 Å². The van der Waals surface area contributed by atoms with Gasteiger partial charge in [-0.15, -0.1) is 0 Å². The Balaban J connectivity index is 1.57. The van der Waals surface area contributed by atoms with Gasteiger partial charge < -0.3 is 14.8 Å². The lowest BCUT2D eigenvalue weighted by Gasteiger charge is -2.24. The number of para-hydroxylation sites is 1. The maximum absolute atomic E-state index is 12.4. The average molecular weight is 354 g/mol. The molecule has 1 amide bonds. The van der Waals surface area contributed by atoms with Gasteiger partial charge in [-0.2, -0.15) is 0 Å². The number of methoxy groups -OCH3 is 2. The van der Waals surface area contributed by atoms with Crippen LogP contribution >= 0.6 is 0 Å². The molecule has 1 aliphatic rings. The van der Waals surface area contributed by atoms with E-state index in [0.29, 0.717) is 13.1 Å². The molecule has 5 heteroatoms. The summed E-state index contributed by atoms with van der Waals surface area (Å²) in [5, 5.41) is 3.01. The Bertz CT molecular complexity index is 730. The summed E-state index contributed by atoms with van der Waals surface area (Å²) in [6.07, 6.45) is 2.18. The fourth-order valence-electron chi connectivity index (χ4n) is 3.50. The molecule has 26 heavy (non-hydrogen) atoms. The zero-order chi connectivity index (χ0) is 18.4. The van der Waals surface area contributed by atoms with Crippen LogP contribution in [-0.2, 0) is 11.3 Å². The van der Waals surface area contributed by atoms with Crippen LogP contribution in [0.15, 0.2) is 48.5 Å². The Morgan fingerprint density at radius 3 is 2.62 bits per heavy atom. The molecule has 0 aliphatic carbocycles. The second-order valence-electron chi connectivity index (χ2n) is 6.49. The summed E-state index contributed by atoms with van der Waals surface area (Å²) in [6.45, 7) is 1.83. The summed E-state index contributed by atoms with van der Waals surface area (Å²) in [4.78, 5) is 14.7. The van der Waals surface area contributed by atoms with E-state index >= 15 is 0 Å². The monoisotopic (exact) mass is 354 g/mol. The molecule has 1 fully saturated rings. The molecule has 1 unspecified atom stereocenters. The summed E-state index contributed by atoms with van der Waals surface area (Å²) in [6, 6.07) is 16.2. The Morgan fingerprint density at radius 1 is 1.12 bits per heavy atom. The third-order valence-corrected chi connectivity index (χ3v) is 4.88. The molecule has 3 rings (SSSR count). The Labute approximate surface area is 154 Å². The fraction of sp³-hybridized carbons (Fsp3) is 0.381. The van der Waals surface area contributed by atoms with E-state index in [0.717, 1.165) is 36.4 Å². The minimum atomic E-state index is 0.0383. The number of hydrogen-bond acceptors (Lipinski definition) is 4. The van der Waals surface area contributed by atoms with Gasteiger partial charge in [0, 0.05) is 18.2 Å². The molecule has 0 spiro atoms. The van der Waals surface area contributed by atoms with Gasteiger partial charge in [0.25, 0.3) is 0 Å². The zero-order valence-corrected chi connectivity index (χ0v) is 15.4. The number of nitrogens with zero attached hydrogens (tertiary/aromatic N) is 1. The maximum atomic E-state index is 12.4. The van der Waals surface area contributed by atoms with E-state index in [1.165, 1.54) is 5.56 Å². The number of ether oxygens (including phenoxy) is 2. The first kappa shape index (κ1) is 18.3. The molecule has 0 bridgehead atoms. The molecule has 0 aromatic heterocycles. The molecule has 1 saturated heterocycles. The first-order valence-electron chi connectivity index (χ1n) is 8.98. The second kappa shape index (κ2) is 8.72. The van der Waals surface area contributed by atoms with Gasteiger partial charge in [0.1, 0.15) is 11.5 Å². The first-order valence-corrected chi connectivity index (χ1v) is 8.98. The number of likely N-dealkylation sites (tertiary alicyclic amines) is 1. The molecule has 138 valence electrons. The van der Waals surface area contributed by atoms with Gasteiger partial charge in [0.05, 0.1) is 20.8 Å². The third-order valence-electron chi connectivity index (χ3n) is 4.88. The number of benzene rings is 2. The Morgan fingerprint density at radius 2 is 1.88 bits per heavy atom. The van der Waals surface area contributed by atoms with E-state index in [4.69, 9.17) is 9.47 Å². The van der Waals surface area contributed by atoms with Gasteiger partial charge in [-0.1, -0.05) is 30.3 Å². The zero-order valence-electron chi connectivity index (χ0n) is 15.4. The summed E-state index contributed by atoms with van der Waals surface area (Å²) in [5.74, 6) is 1.69. The Hall–Kier alpha value is -2.53. The van der Waals surface area contributed by atoms with Crippen molar-refractivity contribution in [2.24, 2.45) is 0 Å². The molecular weight excluding hydrogens is 328 g/mol. The van der Waals surface area contributed by atoms with Gasteiger partial charge in [0.15, 0.2) is 0 Å². The number of amides is 1. The van der Waals surface area contributed by atoms with Crippen LogP contribution < -0.4 is 14.8 Å². The molecule has 1 aliphatic heterocycles. The summed E-state index contributed by atoms with van der Waals surface area (Å²) >= 11 is 0. The highest BCUT2D eigenvalue weighted by Crippen LogP contribution is 2.32. The molecule has 2 aromatic rings. The molecule has 0 radical (unpaired) electrons. The van der Waals surface area contributed by atoms with Crippen LogP contribution in [0.3, 0.4) is 0 Å². The highest BCUT2D eigenvalue weighted by molar-refractivity contribution is 5.78. The average Bonchev–Trinajstić information content (AvgIpc) is 3.14. The van der Waals surface area contributed by atoms with Crippen LogP contribution in [0.25, 0.3) is 0 Å². The van der Waals surface area contributed by atoms with E-state index in [2.05, 4.69) is 22.3 Å². The highest BCUT2D eigenvalue weighted by Gasteiger charge is 2.27. The van der Waals surface area contributed by atoms with E-state index in [9.17, 15) is 4.79 Å². The highest BCUT2D eigenvalue weighted by atomic mass is 16.5. The van der Waals surface area contributed by atoms with Crippen LogP contribution in [0, 0.1) is 0 Å². The molecule has 2 aromatic carbocycles. The SMILES string of the molecule is COc1ccc(C2CCCN2CC(=O)NCc2ccccc2OC)cc1. The molecular formula is C21H26N2O3. The molecule has 5 nitrogen and oxygen atoms in total. The van der Waals surface area contributed by atoms with Gasteiger partial charge in [-0.25, -0.2) is 0 Å². The standard InChI is InChI=1S/C21H26N2O3/c1-25-18-11-9-16(10-12-18)19-7-5-13-23(19)15-21(24)22-14-17-6-3-4-8-20(17)26-2/h3-4,6,8-12,19H,5,7,13-15H2,1-2H3,(H,22,24). The van der Waals surface area contributed by atoms with Crippen molar-refractivity contribution in [3.8, 4) is 11.5 Å². The lowest BCUT2D eigenvalue weighted by atomic mass is 10.0. The predicted octanol–water partition coefficient (Wildman–Crippen LogP) is 3.16. The van der Waals surface area contributed by atoms with Crippen LogP contribution in [0.1, 0.15) is 30.0 Å². The van der Waals surface area contributed by atoms with Crippen LogP contribution in [0.2, 0.25) is 0 Å². The van der Waals surface area contributed by atoms with Crippen molar-refractivity contribution in [1.82, 2.24) is 10.2 Å². The third kappa shape index (κ3) is 4.35. The maximum Gasteiger partial charge on any atom is 0.234 e. The van der Waals surface area contributed by atoms with Gasteiger partial charge in [0.2, 0.25) is 5.91 Å². The summed E-state index contributed by atoms with van der Waals surface area (Å²) in [7, 11) is 3.31. The van der Waals surface area contributed by atoms with Crippen molar-refractivity contribution >= 4 is 5.91 Å². The normalized spacial score (nSPS) is 17.1. The Kier molecular flexibility index (Phi) is 6.12. The van der Waals surface area contributed by atoms with E-state index < -0.39 is 0 Å². The number of nitrogens with one attached hydrogen (secondary N) is 1. The van der Waals surface area contributed by atoms with Crippen molar-refractivity contribution < 1.29 is 14.3 Å². The smallest absolute Gasteiger partial charge is 0.234 e. The van der Waals surface area contributed by atoms with Crippen LogP contribution in [0.4, 0.5) is 0 Å². The number of carbonyl (C=O) groups excluding carboxylic acids is 1. The van der Waals surface area contributed by atoms with E-state index in [-0.39, 0.29) is 11.9 Å². The lowest BCUT2D eigenvalue weighted by molar-refractivity contribution is -0.122. The predicted molar refractivity (Wildman–Crippen MR) is 101 cm³/mol. The van der Waals surface area contributed by atoms with Crippen LogP contribution in [-0.4, -0.2) is 38.1 Å². The summed E-state index contributed by atoms with van der Waals surface area (Å²) < 4.78 is 10.6. The lowest BCUT2D eigenvalue weighted by Crippen LogP contribution is -2.36. The van der Waals surface area contributed by atoms with Crippen molar-refractivity contribution in [3.63, 3.8) is 0 Å². The van der Waals surface area contributed by atoms with Gasteiger partial charge in [-0.05, 0) is 43.1 Å². The molecule has 1 atom stereocenters. The van der Waals surface area contributed by atoms with Gasteiger partial charge in [-0.3, -0.25) is 9.69 Å². The van der Waals surface area contributed by atoms with E-state index in [1.807, 2.05) is 36.4 Å². The minimum absolute atomic E-state index is 0.0383. The molecule has 1 heterocycles. The summed E-state index contributed by atoms with van der Waals surface area (Å²) in [5.41, 5.74) is 2.22. The quantitative estimate of drug-likeness (QED) is 0.830.